The van der Waals surface area contributed by atoms with E-state index in [0.717, 1.165) is 4.90 Å². The van der Waals surface area contributed by atoms with Gasteiger partial charge in [0.15, 0.2) is 0 Å². The van der Waals surface area contributed by atoms with Crippen LogP contribution in [0.4, 0.5) is 0 Å². The van der Waals surface area contributed by atoms with Gasteiger partial charge in [0.1, 0.15) is 0 Å². The highest BCUT2D eigenvalue weighted by Crippen LogP contribution is 2.07. The van der Waals surface area contributed by atoms with Gasteiger partial charge in [-0.2, -0.15) is 10.2 Å². The van der Waals surface area contributed by atoms with Crippen LogP contribution in [0.25, 0.3) is 0 Å². The normalized spacial score (nSPS) is 15.3. The molecule has 70 valence electrons. The third kappa shape index (κ3) is 1.52. The minimum Gasteiger partial charge on any atom is -0.269 e. The van der Waals surface area contributed by atoms with Crippen molar-refractivity contribution in [2.45, 2.75) is 6.54 Å². The minimum absolute atomic E-state index is 0.179. The van der Waals surface area contributed by atoms with Gasteiger partial charge in [0.25, 0.3) is 11.8 Å². The Morgan fingerprint density at radius 1 is 1.21 bits per heavy atom. The van der Waals surface area contributed by atoms with Crippen molar-refractivity contribution in [1.82, 2.24) is 15.1 Å². The molecule has 0 aromatic carbocycles. The second-order valence-corrected chi connectivity index (χ2v) is 2.81. The fourth-order valence-corrected chi connectivity index (χ4v) is 1.17. The van der Waals surface area contributed by atoms with Gasteiger partial charge < -0.3 is 0 Å². The van der Waals surface area contributed by atoms with Crippen molar-refractivity contribution in [3.05, 3.63) is 36.2 Å². The van der Waals surface area contributed by atoms with E-state index in [1.54, 1.807) is 12.1 Å². The Morgan fingerprint density at radius 3 is 2.50 bits per heavy atom. The lowest BCUT2D eigenvalue weighted by molar-refractivity contribution is -0.137. The van der Waals surface area contributed by atoms with Crippen molar-refractivity contribution < 1.29 is 9.59 Å². The zero-order valence-corrected chi connectivity index (χ0v) is 7.25. The number of carbonyl (C=O) groups excluding carboxylic acids is 2. The first-order chi connectivity index (χ1) is 6.77. The van der Waals surface area contributed by atoms with Crippen LogP contribution in [-0.2, 0) is 16.1 Å². The molecule has 0 saturated heterocycles. The Balaban J connectivity index is 2.13. The molecule has 2 heterocycles. The molecule has 14 heavy (non-hydrogen) atoms. The van der Waals surface area contributed by atoms with Crippen LogP contribution in [0.1, 0.15) is 5.69 Å². The summed E-state index contributed by atoms with van der Waals surface area (Å²) < 4.78 is 0. The van der Waals surface area contributed by atoms with Gasteiger partial charge >= 0.3 is 0 Å². The highest BCUT2D eigenvalue weighted by molar-refractivity contribution is 6.12. The third-order valence-electron chi connectivity index (χ3n) is 1.85. The Kier molecular flexibility index (Phi) is 2.06. The molecule has 0 aliphatic carbocycles. The van der Waals surface area contributed by atoms with E-state index in [9.17, 15) is 9.59 Å². The van der Waals surface area contributed by atoms with Crippen molar-refractivity contribution in [1.29, 1.82) is 0 Å². The van der Waals surface area contributed by atoms with E-state index < -0.39 is 0 Å². The fraction of sp³-hybridized carbons (Fsp3) is 0.111. The van der Waals surface area contributed by atoms with E-state index in [0.29, 0.717) is 5.69 Å². The predicted molar refractivity (Wildman–Crippen MR) is 46.7 cm³/mol. The average Bonchev–Trinajstić information content (AvgIpc) is 2.51. The van der Waals surface area contributed by atoms with Gasteiger partial charge in [-0.05, 0) is 12.1 Å². The number of imide groups is 1. The van der Waals surface area contributed by atoms with Crippen LogP contribution in [-0.4, -0.2) is 26.9 Å². The Hall–Kier alpha value is -2.04. The van der Waals surface area contributed by atoms with Crippen molar-refractivity contribution in [2.24, 2.45) is 0 Å². The summed E-state index contributed by atoms with van der Waals surface area (Å²) in [6, 6.07) is 3.42. The summed E-state index contributed by atoms with van der Waals surface area (Å²) in [5, 5.41) is 7.44. The minimum atomic E-state index is -0.305. The van der Waals surface area contributed by atoms with E-state index in [-0.39, 0.29) is 18.4 Å². The molecule has 0 atom stereocenters. The van der Waals surface area contributed by atoms with Gasteiger partial charge in [0.2, 0.25) is 0 Å². The summed E-state index contributed by atoms with van der Waals surface area (Å²) in [6.45, 7) is 0.179. The van der Waals surface area contributed by atoms with E-state index in [4.69, 9.17) is 0 Å². The molecule has 0 unspecified atom stereocenters. The highest BCUT2D eigenvalue weighted by Gasteiger charge is 2.23. The number of aromatic nitrogens is 2. The van der Waals surface area contributed by atoms with Crippen LogP contribution in [0.2, 0.25) is 0 Å². The number of amides is 2. The van der Waals surface area contributed by atoms with Crippen molar-refractivity contribution >= 4 is 11.8 Å². The standard InChI is InChI=1S/C9H7N3O2/c13-8-3-4-9(14)12(8)6-7-2-1-5-10-11-7/h1-5H,6H2. The maximum absolute atomic E-state index is 11.2. The van der Waals surface area contributed by atoms with E-state index >= 15 is 0 Å². The van der Waals surface area contributed by atoms with Gasteiger partial charge in [0, 0.05) is 18.3 Å². The summed E-state index contributed by atoms with van der Waals surface area (Å²) in [6.07, 6.45) is 4.03. The molecule has 0 spiro atoms. The Bertz CT molecular complexity index is 382. The molecule has 0 saturated carbocycles. The molecular weight excluding hydrogens is 182 g/mol. The molecule has 0 N–H and O–H groups in total. The quantitative estimate of drug-likeness (QED) is 0.609. The first-order valence-corrected chi connectivity index (χ1v) is 4.07. The first-order valence-electron chi connectivity index (χ1n) is 4.07. The molecule has 2 rings (SSSR count). The third-order valence-corrected chi connectivity index (χ3v) is 1.85. The Morgan fingerprint density at radius 2 is 1.93 bits per heavy atom. The molecule has 0 fully saturated rings. The van der Waals surface area contributed by atoms with Crippen molar-refractivity contribution in [3.63, 3.8) is 0 Å². The van der Waals surface area contributed by atoms with E-state index in [2.05, 4.69) is 10.2 Å². The van der Waals surface area contributed by atoms with Gasteiger partial charge in [0.05, 0.1) is 12.2 Å². The van der Waals surface area contributed by atoms with Crippen LogP contribution >= 0.6 is 0 Å². The molecular formula is C9H7N3O2. The molecule has 1 aromatic rings. The highest BCUT2D eigenvalue weighted by atomic mass is 16.2. The summed E-state index contributed by atoms with van der Waals surface area (Å²) >= 11 is 0. The van der Waals surface area contributed by atoms with Crippen LogP contribution in [0.3, 0.4) is 0 Å². The maximum Gasteiger partial charge on any atom is 0.253 e. The maximum atomic E-state index is 11.2. The second kappa shape index (κ2) is 3.37. The zero-order valence-electron chi connectivity index (χ0n) is 7.25. The lowest BCUT2D eigenvalue weighted by atomic mass is 10.3. The van der Waals surface area contributed by atoms with Gasteiger partial charge in [-0.1, -0.05) is 0 Å². The van der Waals surface area contributed by atoms with E-state index in [1.807, 2.05) is 0 Å². The number of rotatable bonds is 2. The zero-order chi connectivity index (χ0) is 9.97. The summed E-state index contributed by atoms with van der Waals surface area (Å²) in [5.74, 6) is -0.610. The molecule has 0 bridgehead atoms. The van der Waals surface area contributed by atoms with Gasteiger partial charge in [-0.25, -0.2) is 0 Å². The molecule has 2 amide bonds. The summed E-state index contributed by atoms with van der Waals surface area (Å²) in [5.41, 5.74) is 0.595. The van der Waals surface area contributed by atoms with Crippen LogP contribution < -0.4 is 0 Å². The molecule has 1 aromatic heterocycles. The number of hydrogen-bond donors (Lipinski definition) is 0. The number of hydrogen-bond acceptors (Lipinski definition) is 4. The number of carbonyl (C=O) groups is 2. The first kappa shape index (κ1) is 8.55. The molecule has 1 aliphatic heterocycles. The SMILES string of the molecule is O=C1C=CC(=O)N1Cc1cccnn1. The number of nitrogens with zero attached hydrogens (tertiary/aromatic N) is 3. The van der Waals surface area contributed by atoms with Crippen LogP contribution in [0, 0.1) is 0 Å². The topological polar surface area (TPSA) is 63.2 Å². The smallest absolute Gasteiger partial charge is 0.253 e. The second-order valence-electron chi connectivity index (χ2n) is 2.81. The van der Waals surface area contributed by atoms with Crippen LogP contribution in [0.15, 0.2) is 30.5 Å². The van der Waals surface area contributed by atoms with Crippen molar-refractivity contribution in [2.75, 3.05) is 0 Å². The largest absolute Gasteiger partial charge is 0.269 e. The van der Waals surface area contributed by atoms with E-state index in [1.165, 1.54) is 18.3 Å². The molecule has 5 nitrogen and oxygen atoms in total. The van der Waals surface area contributed by atoms with Gasteiger partial charge in [-0.3, -0.25) is 14.5 Å². The molecule has 1 aliphatic rings. The summed E-state index contributed by atoms with van der Waals surface area (Å²) in [7, 11) is 0. The predicted octanol–water partition coefficient (Wildman–Crippen LogP) is -0.0984. The lowest BCUT2D eigenvalue weighted by Crippen LogP contribution is -2.29. The lowest BCUT2D eigenvalue weighted by Gasteiger charge is -2.11. The van der Waals surface area contributed by atoms with Crippen LogP contribution in [0.5, 0.6) is 0 Å². The average molecular weight is 189 g/mol. The molecule has 5 heteroatoms. The van der Waals surface area contributed by atoms with Crippen molar-refractivity contribution in [3.8, 4) is 0 Å². The Labute approximate surface area is 80.1 Å². The van der Waals surface area contributed by atoms with Gasteiger partial charge in [-0.15, -0.1) is 0 Å². The summed E-state index contributed by atoms with van der Waals surface area (Å²) in [4.78, 5) is 23.4. The fourth-order valence-electron chi connectivity index (χ4n) is 1.17. The molecule has 0 radical (unpaired) electrons. The monoisotopic (exact) mass is 189 g/mol.